The number of aryl methyl sites for hydroxylation is 1. The molecule has 1 fully saturated rings. The minimum absolute atomic E-state index is 0.00973. The maximum atomic E-state index is 15.2. The van der Waals surface area contributed by atoms with Gasteiger partial charge in [-0.1, -0.05) is 48.9 Å². The van der Waals surface area contributed by atoms with Crippen LogP contribution in [0.5, 0.6) is 0 Å². The number of nitrogens with one attached hydrogen (secondary N) is 1. The van der Waals surface area contributed by atoms with E-state index in [9.17, 15) is 4.79 Å². The lowest BCUT2D eigenvalue weighted by atomic mass is 9.99. The lowest BCUT2D eigenvalue weighted by Crippen LogP contribution is -2.16. The number of pyridine rings is 2. The Morgan fingerprint density at radius 3 is 2.76 bits per heavy atom. The van der Waals surface area contributed by atoms with Crippen LogP contribution >= 0.6 is 11.6 Å². The van der Waals surface area contributed by atoms with E-state index in [1.54, 1.807) is 24.5 Å². The van der Waals surface area contributed by atoms with E-state index < -0.39 is 5.82 Å². The van der Waals surface area contributed by atoms with Gasteiger partial charge >= 0.3 is 0 Å². The second-order valence-electron chi connectivity index (χ2n) is 10.5. The summed E-state index contributed by atoms with van der Waals surface area (Å²) >= 11 is 6.39. The molecule has 1 unspecified atom stereocenters. The first kappa shape index (κ1) is 27.1. The zero-order valence-electron chi connectivity index (χ0n) is 22.7. The molecule has 0 bridgehead atoms. The van der Waals surface area contributed by atoms with Crippen LogP contribution in [0.3, 0.4) is 0 Å². The molecule has 0 spiro atoms. The van der Waals surface area contributed by atoms with E-state index >= 15 is 4.39 Å². The van der Waals surface area contributed by atoms with E-state index in [0.717, 1.165) is 16.7 Å². The molecule has 3 aromatic heterocycles. The monoisotopic (exact) mass is 569 g/mol. The zero-order chi connectivity index (χ0) is 28.5. The molecule has 6 rings (SSSR count). The van der Waals surface area contributed by atoms with Gasteiger partial charge in [-0.15, -0.1) is 0 Å². The van der Waals surface area contributed by atoms with E-state index in [0.29, 0.717) is 47.5 Å². The van der Waals surface area contributed by atoms with E-state index in [-0.39, 0.29) is 28.7 Å². The number of nitrogens with zero attached hydrogens (tertiary/aromatic N) is 4. The van der Waals surface area contributed by atoms with Crippen molar-refractivity contribution in [3.8, 4) is 11.1 Å². The van der Waals surface area contributed by atoms with Crippen LogP contribution < -0.4 is 5.32 Å². The topological polar surface area (TPSA) is 81.9 Å². The number of rotatable bonds is 9. The van der Waals surface area contributed by atoms with Gasteiger partial charge in [-0.25, -0.2) is 9.37 Å². The number of ether oxygens (including phenoxy) is 1. The molecule has 3 atom stereocenters. The van der Waals surface area contributed by atoms with Gasteiger partial charge in [-0.3, -0.25) is 14.5 Å². The van der Waals surface area contributed by atoms with Gasteiger partial charge in [0.1, 0.15) is 11.6 Å². The van der Waals surface area contributed by atoms with Crippen molar-refractivity contribution in [2.45, 2.75) is 32.9 Å². The molecule has 2 aromatic carbocycles. The SMILES string of the molecule is Cc1ccncc1-c1cc2cc(NC(=O)[C@H]3C(C)[C@@H]3c3cnn(CCOCc4ccccc4)c3)ncc2c(Cl)c1F. The molecule has 9 heteroatoms. The zero-order valence-corrected chi connectivity index (χ0v) is 23.5. The molecule has 3 heterocycles. The van der Waals surface area contributed by atoms with E-state index in [4.69, 9.17) is 16.3 Å². The summed E-state index contributed by atoms with van der Waals surface area (Å²) in [5.74, 6) is -0.172. The first-order valence-corrected chi connectivity index (χ1v) is 13.9. The highest BCUT2D eigenvalue weighted by molar-refractivity contribution is 6.36. The Labute approximate surface area is 242 Å². The predicted molar refractivity (Wildman–Crippen MR) is 157 cm³/mol. The van der Waals surface area contributed by atoms with Crippen molar-refractivity contribution in [1.82, 2.24) is 19.7 Å². The Hall–Kier alpha value is -4.14. The highest BCUT2D eigenvalue weighted by Crippen LogP contribution is 2.54. The minimum atomic E-state index is -0.521. The molecule has 1 N–H and O–H groups in total. The lowest BCUT2D eigenvalue weighted by molar-refractivity contribution is -0.117. The number of fused-ring (bicyclic) bond motifs is 1. The Morgan fingerprint density at radius 1 is 1.12 bits per heavy atom. The molecule has 1 amide bonds. The Bertz CT molecular complexity index is 1720. The standard InChI is InChI=1S/C32H29ClFN5O2/c1-19-8-9-35-15-25(19)24-12-22-13-27(36-16-26(22)30(33)31(24)34)38-32(40)29-20(2)28(29)23-14-37-39(17-23)10-11-41-18-21-6-4-3-5-7-21/h3-9,12-17,20,28-29H,10-11,18H2,1-2H3,(H,36,38,40)/t20?,28-,29+/m1/s1. The molecule has 5 aromatic rings. The van der Waals surface area contributed by atoms with Crippen LogP contribution in [0.2, 0.25) is 5.02 Å². The van der Waals surface area contributed by atoms with E-state index in [1.165, 1.54) is 6.20 Å². The van der Waals surface area contributed by atoms with Crippen molar-refractivity contribution in [3.63, 3.8) is 0 Å². The minimum Gasteiger partial charge on any atom is -0.375 e. The van der Waals surface area contributed by atoms with Crippen molar-refractivity contribution in [2.75, 3.05) is 11.9 Å². The fourth-order valence-electron chi connectivity index (χ4n) is 5.42. The number of benzene rings is 2. The van der Waals surface area contributed by atoms with Gasteiger partial charge in [0, 0.05) is 53.1 Å². The molecular weight excluding hydrogens is 541 g/mol. The van der Waals surface area contributed by atoms with Crippen LogP contribution in [0, 0.1) is 24.6 Å². The van der Waals surface area contributed by atoms with Gasteiger partial charge in [0.05, 0.1) is 31.0 Å². The number of amides is 1. The number of hydrogen-bond acceptors (Lipinski definition) is 5. The molecule has 208 valence electrons. The lowest BCUT2D eigenvalue weighted by Gasteiger charge is -2.12. The van der Waals surface area contributed by atoms with Crippen molar-refractivity contribution in [2.24, 2.45) is 11.8 Å². The first-order chi connectivity index (χ1) is 19.9. The van der Waals surface area contributed by atoms with Gasteiger partial charge < -0.3 is 10.1 Å². The summed E-state index contributed by atoms with van der Waals surface area (Å²) in [5.41, 5.74) is 4.07. The van der Waals surface area contributed by atoms with Crippen LogP contribution in [-0.4, -0.2) is 32.3 Å². The molecule has 0 saturated heterocycles. The molecule has 1 aliphatic carbocycles. The van der Waals surface area contributed by atoms with Crippen LogP contribution in [0.4, 0.5) is 10.2 Å². The summed E-state index contributed by atoms with van der Waals surface area (Å²) in [6.45, 7) is 5.70. The molecule has 7 nitrogen and oxygen atoms in total. The van der Waals surface area contributed by atoms with E-state index in [1.807, 2.05) is 60.4 Å². The maximum Gasteiger partial charge on any atom is 0.229 e. The Balaban J connectivity index is 1.11. The third-order valence-corrected chi connectivity index (χ3v) is 8.15. The third kappa shape index (κ3) is 5.58. The summed E-state index contributed by atoms with van der Waals surface area (Å²) < 4.78 is 22.8. The van der Waals surface area contributed by atoms with Gasteiger partial charge in [-0.05, 0) is 53.1 Å². The largest absolute Gasteiger partial charge is 0.375 e. The van der Waals surface area contributed by atoms with Crippen molar-refractivity contribution in [3.05, 3.63) is 107 Å². The van der Waals surface area contributed by atoms with Gasteiger partial charge in [0.25, 0.3) is 0 Å². The summed E-state index contributed by atoms with van der Waals surface area (Å²) in [6.07, 6.45) is 8.60. The van der Waals surface area contributed by atoms with E-state index in [2.05, 4.69) is 27.3 Å². The number of anilines is 1. The first-order valence-electron chi connectivity index (χ1n) is 13.5. The maximum absolute atomic E-state index is 15.2. The number of halogens is 2. The second-order valence-corrected chi connectivity index (χ2v) is 10.9. The smallest absolute Gasteiger partial charge is 0.229 e. The van der Waals surface area contributed by atoms with Crippen LogP contribution in [0.1, 0.15) is 29.5 Å². The highest BCUT2D eigenvalue weighted by Gasteiger charge is 2.53. The molecule has 0 radical (unpaired) electrons. The van der Waals surface area contributed by atoms with Crippen molar-refractivity contribution >= 4 is 34.1 Å². The van der Waals surface area contributed by atoms with Crippen molar-refractivity contribution in [1.29, 1.82) is 0 Å². The van der Waals surface area contributed by atoms with Crippen LogP contribution in [0.15, 0.2) is 79.5 Å². The fourth-order valence-corrected chi connectivity index (χ4v) is 5.68. The third-order valence-electron chi connectivity index (χ3n) is 7.78. The van der Waals surface area contributed by atoms with Crippen LogP contribution in [-0.2, 0) is 22.7 Å². The number of carbonyl (C=O) groups excluding carboxylic acids is 1. The van der Waals surface area contributed by atoms with Crippen LogP contribution in [0.25, 0.3) is 21.9 Å². The summed E-state index contributed by atoms with van der Waals surface area (Å²) in [6, 6.07) is 15.3. The Morgan fingerprint density at radius 2 is 1.95 bits per heavy atom. The quantitative estimate of drug-likeness (QED) is 0.197. The summed E-state index contributed by atoms with van der Waals surface area (Å²) in [4.78, 5) is 21.7. The normalized spacial score (nSPS) is 18.0. The van der Waals surface area contributed by atoms with Gasteiger partial charge in [-0.2, -0.15) is 5.10 Å². The summed E-state index contributed by atoms with van der Waals surface area (Å²) in [7, 11) is 0. The fraction of sp³-hybridized carbons (Fsp3) is 0.250. The average Bonchev–Trinajstić information content (AvgIpc) is 3.43. The molecule has 1 aliphatic rings. The predicted octanol–water partition coefficient (Wildman–Crippen LogP) is 6.80. The Kier molecular flexibility index (Phi) is 7.51. The molecule has 41 heavy (non-hydrogen) atoms. The van der Waals surface area contributed by atoms with Crippen molar-refractivity contribution < 1.29 is 13.9 Å². The second kappa shape index (κ2) is 11.4. The number of carbonyl (C=O) groups is 1. The highest BCUT2D eigenvalue weighted by atomic mass is 35.5. The van der Waals surface area contributed by atoms with Gasteiger partial charge in [0.15, 0.2) is 0 Å². The average molecular weight is 570 g/mol. The summed E-state index contributed by atoms with van der Waals surface area (Å²) in [5, 5.41) is 8.56. The molecule has 0 aliphatic heterocycles. The number of hydrogen-bond donors (Lipinski definition) is 1. The molecular formula is C32H29ClFN5O2. The number of aromatic nitrogens is 4. The van der Waals surface area contributed by atoms with Gasteiger partial charge in [0.2, 0.25) is 5.91 Å². The molecule has 1 saturated carbocycles.